The third-order valence-corrected chi connectivity index (χ3v) is 3.68. The van der Waals surface area contributed by atoms with Gasteiger partial charge >= 0.3 is 0 Å². The van der Waals surface area contributed by atoms with Crippen LogP contribution in [0.3, 0.4) is 0 Å². The van der Waals surface area contributed by atoms with Gasteiger partial charge in [-0.05, 0) is 24.1 Å². The number of benzene rings is 1. The molecule has 0 aliphatic carbocycles. The van der Waals surface area contributed by atoms with Crippen molar-refractivity contribution in [2.24, 2.45) is 0 Å². The van der Waals surface area contributed by atoms with Crippen LogP contribution in [-0.2, 0) is 0 Å². The summed E-state index contributed by atoms with van der Waals surface area (Å²) in [5.74, 6) is 0. The Morgan fingerprint density at radius 1 is 1.38 bits per heavy atom. The highest BCUT2D eigenvalue weighted by Gasteiger charge is 2.21. The summed E-state index contributed by atoms with van der Waals surface area (Å²) in [6.07, 6.45) is -2.38. The van der Waals surface area contributed by atoms with E-state index in [1.165, 1.54) is 11.9 Å². The van der Waals surface area contributed by atoms with Crippen LogP contribution in [0.1, 0.15) is 0 Å². The third-order valence-electron chi connectivity index (χ3n) is 2.14. The predicted octanol–water partition coefficient (Wildman–Crippen LogP) is 3.63. The highest BCUT2D eigenvalue weighted by molar-refractivity contribution is 7.97. The molecule has 0 spiro atoms. The Labute approximate surface area is 106 Å². The van der Waals surface area contributed by atoms with Crippen molar-refractivity contribution >= 4 is 40.8 Å². The van der Waals surface area contributed by atoms with Gasteiger partial charge in [0.1, 0.15) is 0 Å². The fourth-order valence-electron chi connectivity index (χ4n) is 1.45. The molecule has 1 N–H and O–H groups in total. The molecule has 0 bridgehead atoms. The summed E-state index contributed by atoms with van der Waals surface area (Å²) in [6, 6.07) is 3.30. The van der Waals surface area contributed by atoms with E-state index in [2.05, 4.69) is 4.72 Å². The van der Waals surface area contributed by atoms with Crippen molar-refractivity contribution in [2.45, 2.75) is 11.3 Å². The molecule has 2 rings (SSSR count). The Morgan fingerprint density at radius 2 is 2.06 bits per heavy atom. The molecule has 0 aromatic heterocycles. The van der Waals surface area contributed by atoms with Gasteiger partial charge in [0.15, 0.2) is 0 Å². The first-order valence-electron chi connectivity index (χ1n) is 4.50. The molecule has 0 saturated heterocycles. The Hall–Kier alpha value is -0.230. The molecular formula is C9H8Cl2F2N2S. The second-order valence-corrected chi connectivity index (χ2v) is 5.00. The normalized spacial score (nSPS) is 15.4. The van der Waals surface area contributed by atoms with Crippen LogP contribution in [-0.4, -0.2) is 19.6 Å². The number of alkyl halides is 2. The number of nitrogens with zero attached hydrogens (tertiary/aromatic N) is 1. The van der Waals surface area contributed by atoms with E-state index in [0.29, 0.717) is 22.4 Å². The van der Waals surface area contributed by atoms with Gasteiger partial charge in [-0.15, -0.1) is 0 Å². The molecule has 16 heavy (non-hydrogen) atoms. The number of anilines is 1. The monoisotopic (exact) mass is 284 g/mol. The zero-order valence-electron chi connectivity index (χ0n) is 8.01. The molecule has 1 aliphatic heterocycles. The Morgan fingerprint density at radius 3 is 2.75 bits per heavy atom. The maximum Gasteiger partial charge on any atom is 0.255 e. The third kappa shape index (κ3) is 2.53. The van der Waals surface area contributed by atoms with Crippen LogP contribution in [0.4, 0.5) is 14.5 Å². The maximum absolute atomic E-state index is 12.4. The lowest BCUT2D eigenvalue weighted by atomic mass is 10.3. The summed E-state index contributed by atoms with van der Waals surface area (Å²) in [4.78, 5) is 2.35. The van der Waals surface area contributed by atoms with E-state index < -0.39 is 6.43 Å². The molecule has 1 aromatic rings. The van der Waals surface area contributed by atoms with E-state index in [1.807, 2.05) is 0 Å². The molecule has 0 unspecified atom stereocenters. The molecule has 0 saturated carbocycles. The fraction of sp³-hybridized carbons (Fsp3) is 0.333. The molecule has 0 amide bonds. The van der Waals surface area contributed by atoms with Crippen LogP contribution in [0.2, 0.25) is 10.0 Å². The molecular weight excluding hydrogens is 277 g/mol. The summed E-state index contributed by atoms with van der Waals surface area (Å²) >= 11 is 13.1. The van der Waals surface area contributed by atoms with Crippen molar-refractivity contribution in [1.29, 1.82) is 0 Å². The SMILES string of the molecule is FC(F)CN1CNSc2cc(Cl)c(Cl)cc21. The first-order chi connectivity index (χ1) is 7.58. The van der Waals surface area contributed by atoms with Crippen LogP contribution >= 0.6 is 35.1 Å². The first-order valence-corrected chi connectivity index (χ1v) is 6.07. The van der Waals surface area contributed by atoms with Gasteiger partial charge in [0.25, 0.3) is 6.43 Å². The minimum atomic E-state index is -2.38. The topological polar surface area (TPSA) is 15.3 Å². The Bertz CT molecular complexity index is 403. The summed E-state index contributed by atoms with van der Waals surface area (Å²) in [7, 11) is 0. The number of hydrogen-bond acceptors (Lipinski definition) is 3. The van der Waals surface area contributed by atoms with Gasteiger partial charge in [-0.2, -0.15) is 0 Å². The lowest BCUT2D eigenvalue weighted by molar-refractivity contribution is 0.154. The summed E-state index contributed by atoms with van der Waals surface area (Å²) in [5, 5.41) is 0.802. The van der Waals surface area contributed by atoms with E-state index in [1.54, 1.807) is 17.0 Å². The maximum atomic E-state index is 12.4. The van der Waals surface area contributed by atoms with Gasteiger partial charge in [0.2, 0.25) is 0 Å². The van der Waals surface area contributed by atoms with Gasteiger partial charge in [-0.3, -0.25) is 0 Å². The first kappa shape index (κ1) is 12.2. The van der Waals surface area contributed by atoms with Crippen LogP contribution in [0, 0.1) is 0 Å². The predicted molar refractivity (Wildman–Crippen MR) is 63.7 cm³/mol. The number of hydrogen-bond donors (Lipinski definition) is 1. The largest absolute Gasteiger partial charge is 0.351 e. The zero-order valence-corrected chi connectivity index (χ0v) is 10.3. The van der Waals surface area contributed by atoms with Crippen LogP contribution < -0.4 is 9.62 Å². The van der Waals surface area contributed by atoms with E-state index >= 15 is 0 Å². The number of rotatable bonds is 2. The van der Waals surface area contributed by atoms with Crippen molar-refractivity contribution in [3.8, 4) is 0 Å². The second-order valence-electron chi connectivity index (χ2n) is 3.25. The number of fused-ring (bicyclic) bond motifs is 1. The Balaban J connectivity index is 2.34. The fourth-order valence-corrected chi connectivity index (χ4v) is 2.68. The highest BCUT2D eigenvalue weighted by Crippen LogP contribution is 2.38. The number of halogens is 4. The van der Waals surface area contributed by atoms with Crippen LogP contribution in [0.15, 0.2) is 17.0 Å². The van der Waals surface area contributed by atoms with Crippen molar-refractivity contribution in [1.82, 2.24) is 4.72 Å². The van der Waals surface area contributed by atoms with Gasteiger partial charge in [-0.25, -0.2) is 13.5 Å². The minimum absolute atomic E-state index is 0.321. The number of nitrogens with one attached hydrogen (secondary N) is 1. The molecule has 1 aliphatic rings. The molecule has 1 aromatic carbocycles. The molecule has 0 radical (unpaired) electrons. The lowest BCUT2D eigenvalue weighted by Crippen LogP contribution is -2.38. The second kappa shape index (κ2) is 4.96. The average Bonchev–Trinajstić information content (AvgIpc) is 2.20. The van der Waals surface area contributed by atoms with Crippen molar-refractivity contribution in [3.05, 3.63) is 22.2 Å². The molecule has 7 heteroatoms. The standard InChI is InChI=1S/C9H8Cl2F2N2S/c10-5-1-7-8(2-6(5)11)16-14-4-15(7)3-9(12)13/h1-2,9,14H,3-4H2. The van der Waals surface area contributed by atoms with Crippen molar-refractivity contribution in [3.63, 3.8) is 0 Å². The molecule has 0 atom stereocenters. The smallest absolute Gasteiger partial charge is 0.255 e. The molecule has 1 heterocycles. The quantitative estimate of drug-likeness (QED) is 0.835. The lowest BCUT2D eigenvalue weighted by Gasteiger charge is -2.31. The van der Waals surface area contributed by atoms with E-state index in [0.717, 1.165) is 4.90 Å². The van der Waals surface area contributed by atoms with Crippen molar-refractivity contribution < 1.29 is 8.78 Å². The average molecular weight is 285 g/mol. The van der Waals surface area contributed by atoms with E-state index in [9.17, 15) is 8.78 Å². The van der Waals surface area contributed by atoms with Gasteiger partial charge in [0, 0.05) is 4.90 Å². The Kier molecular flexibility index (Phi) is 3.79. The van der Waals surface area contributed by atoms with E-state index in [-0.39, 0.29) is 6.54 Å². The van der Waals surface area contributed by atoms with Crippen LogP contribution in [0.5, 0.6) is 0 Å². The highest BCUT2D eigenvalue weighted by atomic mass is 35.5. The van der Waals surface area contributed by atoms with Gasteiger partial charge in [-0.1, -0.05) is 23.2 Å². The summed E-state index contributed by atoms with van der Waals surface area (Å²) in [6.45, 7) is 0.0402. The van der Waals surface area contributed by atoms with Gasteiger partial charge < -0.3 is 4.90 Å². The summed E-state index contributed by atoms with van der Waals surface area (Å²) in [5.41, 5.74) is 0.693. The molecule has 88 valence electrons. The molecule has 2 nitrogen and oxygen atoms in total. The summed E-state index contributed by atoms with van der Waals surface area (Å²) < 4.78 is 27.7. The minimum Gasteiger partial charge on any atom is -0.351 e. The molecule has 0 fully saturated rings. The van der Waals surface area contributed by atoms with Crippen molar-refractivity contribution in [2.75, 3.05) is 18.1 Å². The zero-order chi connectivity index (χ0) is 11.7. The van der Waals surface area contributed by atoms with Crippen LogP contribution in [0.25, 0.3) is 0 Å². The van der Waals surface area contributed by atoms with Gasteiger partial charge in [0.05, 0.1) is 28.9 Å². The van der Waals surface area contributed by atoms with E-state index in [4.69, 9.17) is 23.2 Å².